The molecule has 1 saturated carbocycles. The largest absolute Gasteiger partial charge is 0.490 e. The van der Waals surface area contributed by atoms with Crippen LogP contribution < -0.4 is 15.4 Å². The van der Waals surface area contributed by atoms with Crippen LogP contribution in [0.1, 0.15) is 18.4 Å². The molecule has 4 nitrogen and oxygen atoms in total. The Labute approximate surface area is 107 Å². The molecule has 1 saturated heterocycles. The second-order valence-electron chi connectivity index (χ2n) is 5.40. The zero-order valence-electron chi connectivity index (χ0n) is 10.6. The van der Waals surface area contributed by atoms with Gasteiger partial charge in [0.1, 0.15) is 5.75 Å². The van der Waals surface area contributed by atoms with Gasteiger partial charge in [0.15, 0.2) is 0 Å². The minimum absolute atomic E-state index is 0.364. The van der Waals surface area contributed by atoms with Gasteiger partial charge in [-0.25, -0.2) is 0 Å². The topological polar surface area (TPSA) is 57.1 Å². The summed E-state index contributed by atoms with van der Waals surface area (Å²) in [7, 11) is 1.87. The third-order valence-electron chi connectivity index (χ3n) is 4.07. The summed E-state index contributed by atoms with van der Waals surface area (Å²) in [6.45, 7) is 2.31. The van der Waals surface area contributed by atoms with Crippen LogP contribution in [-0.2, 0) is 0 Å². The average molecular weight is 245 g/mol. The van der Waals surface area contributed by atoms with Gasteiger partial charge in [0, 0.05) is 49.1 Å². The van der Waals surface area contributed by atoms with Gasteiger partial charge in [-0.05, 0) is 25.0 Å². The standard InChI is InChI=1S/C14H19N3O/c1-16-13-4-11(3-2-10(13)7-15)18-12-5-14(6-12)8-17-9-14/h2-4,7,12,15-17H,5-6,8-9H2,1H3. The minimum Gasteiger partial charge on any atom is -0.490 e. The molecule has 0 amide bonds. The van der Waals surface area contributed by atoms with Crippen molar-refractivity contribution in [2.75, 3.05) is 25.5 Å². The summed E-state index contributed by atoms with van der Waals surface area (Å²) in [5.74, 6) is 0.900. The van der Waals surface area contributed by atoms with Gasteiger partial charge in [0.2, 0.25) is 0 Å². The highest BCUT2D eigenvalue weighted by molar-refractivity contribution is 5.86. The van der Waals surface area contributed by atoms with E-state index in [1.165, 1.54) is 19.1 Å². The molecule has 2 aliphatic rings. The Kier molecular flexibility index (Phi) is 2.74. The molecule has 2 fully saturated rings. The van der Waals surface area contributed by atoms with Gasteiger partial charge in [-0.2, -0.15) is 0 Å². The highest BCUT2D eigenvalue weighted by Crippen LogP contribution is 2.45. The highest BCUT2D eigenvalue weighted by atomic mass is 16.5. The maximum absolute atomic E-state index is 7.32. The van der Waals surface area contributed by atoms with Crippen LogP contribution in [0.15, 0.2) is 18.2 Å². The Balaban J connectivity index is 1.64. The van der Waals surface area contributed by atoms with E-state index in [9.17, 15) is 0 Å². The molecule has 1 aromatic carbocycles. The Hall–Kier alpha value is -1.55. The molecule has 0 bridgehead atoms. The molecule has 1 aliphatic heterocycles. The number of ether oxygens (including phenoxy) is 1. The molecule has 0 atom stereocenters. The molecule has 18 heavy (non-hydrogen) atoms. The fraction of sp³-hybridized carbons (Fsp3) is 0.500. The van der Waals surface area contributed by atoms with E-state index in [1.807, 2.05) is 25.2 Å². The molecule has 4 heteroatoms. The molecular weight excluding hydrogens is 226 g/mol. The van der Waals surface area contributed by atoms with E-state index in [0.717, 1.165) is 30.1 Å². The lowest BCUT2D eigenvalue weighted by molar-refractivity contribution is -0.0495. The van der Waals surface area contributed by atoms with Crippen LogP contribution in [0.2, 0.25) is 0 Å². The summed E-state index contributed by atoms with van der Waals surface area (Å²) in [6, 6.07) is 5.85. The predicted octanol–water partition coefficient (Wildman–Crippen LogP) is 1.86. The zero-order chi connectivity index (χ0) is 12.6. The van der Waals surface area contributed by atoms with E-state index in [2.05, 4.69) is 10.6 Å². The third-order valence-corrected chi connectivity index (χ3v) is 4.07. The van der Waals surface area contributed by atoms with Crippen LogP contribution in [-0.4, -0.2) is 32.5 Å². The molecule has 3 rings (SSSR count). The third kappa shape index (κ3) is 1.86. The van der Waals surface area contributed by atoms with Crippen molar-refractivity contribution >= 4 is 11.9 Å². The van der Waals surface area contributed by atoms with Crippen LogP contribution in [0.3, 0.4) is 0 Å². The van der Waals surface area contributed by atoms with Crippen LogP contribution >= 0.6 is 0 Å². The Morgan fingerprint density at radius 3 is 2.78 bits per heavy atom. The highest BCUT2D eigenvalue weighted by Gasteiger charge is 2.49. The van der Waals surface area contributed by atoms with Gasteiger partial charge >= 0.3 is 0 Å². The molecule has 0 radical (unpaired) electrons. The first-order valence-electron chi connectivity index (χ1n) is 6.44. The van der Waals surface area contributed by atoms with Crippen molar-refractivity contribution in [3.8, 4) is 5.75 Å². The Bertz CT molecular complexity index is 460. The van der Waals surface area contributed by atoms with Gasteiger partial charge in [-0.15, -0.1) is 0 Å². The monoisotopic (exact) mass is 245 g/mol. The quantitative estimate of drug-likeness (QED) is 0.710. The van der Waals surface area contributed by atoms with Crippen molar-refractivity contribution in [3.63, 3.8) is 0 Å². The van der Waals surface area contributed by atoms with Gasteiger partial charge in [0.25, 0.3) is 0 Å². The van der Waals surface area contributed by atoms with Crippen molar-refractivity contribution in [2.24, 2.45) is 5.41 Å². The van der Waals surface area contributed by atoms with Crippen molar-refractivity contribution in [1.29, 1.82) is 5.41 Å². The first-order valence-corrected chi connectivity index (χ1v) is 6.44. The second kappa shape index (κ2) is 4.28. The fourth-order valence-corrected chi connectivity index (χ4v) is 2.90. The van der Waals surface area contributed by atoms with E-state index >= 15 is 0 Å². The maximum atomic E-state index is 7.32. The molecule has 3 N–H and O–H groups in total. The lowest BCUT2D eigenvalue weighted by Crippen LogP contribution is -2.62. The summed E-state index contributed by atoms with van der Waals surface area (Å²) < 4.78 is 5.98. The summed E-state index contributed by atoms with van der Waals surface area (Å²) >= 11 is 0. The van der Waals surface area contributed by atoms with Crippen LogP contribution in [0.25, 0.3) is 0 Å². The number of benzene rings is 1. The van der Waals surface area contributed by atoms with Crippen LogP contribution in [0.5, 0.6) is 5.75 Å². The molecule has 96 valence electrons. The number of hydrogen-bond donors (Lipinski definition) is 3. The van der Waals surface area contributed by atoms with Gasteiger partial charge < -0.3 is 20.8 Å². The van der Waals surface area contributed by atoms with Crippen molar-refractivity contribution in [2.45, 2.75) is 18.9 Å². The second-order valence-corrected chi connectivity index (χ2v) is 5.40. The normalized spacial score (nSPS) is 20.9. The van der Waals surface area contributed by atoms with Crippen molar-refractivity contribution < 1.29 is 4.74 Å². The zero-order valence-corrected chi connectivity index (χ0v) is 10.6. The summed E-state index contributed by atoms with van der Waals surface area (Å²) in [5.41, 5.74) is 2.38. The maximum Gasteiger partial charge on any atom is 0.121 e. The van der Waals surface area contributed by atoms with Crippen LogP contribution in [0.4, 0.5) is 5.69 Å². The first-order chi connectivity index (χ1) is 8.74. The van der Waals surface area contributed by atoms with Gasteiger partial charge in [-0.1, -0.05) is 0 Å². The predicted molar refractivity (Wildman–Crippen MR) is 72.8 cm³/mol. The van der Waals surface area contributed by atoms with E-state index in [4.69, 9.17) is 10.1 Å². The van der Waals surface area contributed by atoms with E-state index in [-0.39, 0.29) is 0 Å². The number of rotatable bonds is 4. The molecular formula is C14H19N3O. The first kappa shape index (κ1) is 11.5. The molecule has 0 aromatic heterocycles. The SMILES string of the molecule is CNc1cc(OC2CC3(CNC3)C2)ccc1C=N. The number of hydrogen-bond acceptors (Lipinski definition) is 4. The Morgan fingerprint density at radius 2 is 2.22 bits per heavy atom. The van der Waals surface area contributed by atoms with Crippen molar-refractivity contribution in [3.05, 3.63) is 23.8 Å². The average Bonchev–Trinajstić information content (AvgIpc) is 2.30. The molecule has 1 aliphatic carbocycles. The molecule has 1 spiro atoms. The number of anilines is 1. The van der Waals surface area contributed by atoms with Gasteiger partial charge in [-0.3, -0.25) is 0 Å². The lowest BCUT2D eigenvalue weighted by atomic mass is 9.63. The van der Waals surface area contributed by atoms with Crippen molar-refractivity contribution in [1.82, 2.24) is 5.32 Å². The summed E-state index contributed by atoms with van der Waals surface area (Å²) in [6.07, 6.45) is 4.05. The van der Waals surface area contributed by atoms with Gasteiger partial charge in [0.05, 0.1) is 6.10 Å². The molecule has 1 heterocycles. The van der Waals surface area contributed by atoms with E-state index in [1.54, 1.807) is 0 Å². The summed E-state index contributed by atoms with van der Waals surface area (Å²) in [4.78, 5) is 0. The smallest absolute Gasteiger partial charge is 0.121 e. The van der Waals surface area contributed by atoms with E-state index < -0.39 is 0 Å². The van der Waals surface area contributed by atoms with E-state index in [0.29, 0.717) is 11.5 Å². The molecule has 0 unspecified atom stereocenters. The fourth-order valence-electron chi connectivity index (χ4n) is 2.90. The number of nitrogens with one attached hydrogen (secondary N) is 3. The minimum atomic E-state index is 0.364. The summed E-state index contributed by atoms with van der Waals surface area (Å²) in [5, 5.41) is 13.7. The molecule has 1 aromatic rings. The lowest BCUT2D eigenvalue weighted by Gasteiger charge is -2.53. The Morgan fingerprint density at radius 1 is 1.44 bits per heavy atom. The van der Waals surface area contributed by atoms with Crippen LogP contribution in [0, 0.1) is 10.8 Å².